The number of aliphatic hydroxyl groups excluding tert-OH is 1. The number of hydrogen-bond acceptors (Lipinski definition) is 6. The molecule has 2 aromatic carbocycles. The van der Waals surface area contributed by atoms with Crippen LogP contribution in [-0.4, -0.2) is 43.9 Å². The molecule has 1 saturated heterocycles. The lowest BCUT2D eigenvalue weighted by atomic mass is 10.0. The van der Waals surface area contributed by atoms with E-state index in [0.717, 1.165) is 41.8 Å². The molecule has 0 aromatic heterocycles. The van der Waals surface area contributed by atoms with Crippen molar-refractivity contribution in [1.29, 1.82) is 0 Å². The average Bonchev–Trinajstić information content (AvgIpc) is 2.93. The molecule has 11 heteroatoms. The van der Waals surface area contributed by atoms with Gasteiger partial charge in [-0.2, -0.15) is 12.7 Å². The Kier molecular flexibility index (Phi) is 6.55. The fraction of sp³-hybridized carbons (Fsp3) is 0.364. The summed E-state index contributed by atoms with van der Waals surface area (Å²) in [6.45, 7) is 0.474. The molecule has 4 rings (SSSR count). The summed E-state index contributed by atoms with van der Waals surface area (Å²) in [4.78, 5) is 0.288. The Labute approximate surface area is 194 Å². The topological polar surface area (TPSA) is 127 Å². The molecule has 178 valence electrons. The number of aryl methyl sites for hydroxylation is 1. The zero-order valence-corrected chi connectivity index (χ0v) is 19.6. The lowest BCUT2D eigenvalue weighted by Gasteiger charge is -2.29. The highest BCUT2D eigenvalue weighted by Crippen LogP contribution is 2.33. The van der Waals surface area contributed by atoms with Gasteiger partial charge in [0.1, 0.15) is 11.4 Å². The van der Waals surface area contributed by atoms with Gasteiger partial charge in [0.25, 0.3) is 0 Å². The first kappa shape index (κ1) is 23.4. The molecule has 1 atom stereocenters. The van der Waals surface area contributed by atoms with E-state index >= 15 is 0 Å². The number of benzene rings is 2. The maximum absolute atomic E-state index is 13.3. The van der Waals surface area contributed by atoms with Crippen LogP contribution < -0.4 is 9.03 Å². The van der Waals surface area contributed by atoms with Crippen LogP contribution >= 0.6 is 0 Å². The predicted molar refractivity (Wildman–Crippen MR) is 124 cm³/mol. The Bertz CT molecular complexity index is 1250. The van der Waals surface area contributed by atoms with Gasteiger partial charge in [0, 0.05) is 12.6 Å². The van der Waals surface area contributed by atoms with Crippen LogP contribution in [-0.2, 0) is 26.7 Å². The molecule has 2 aliphatic heterocycles. The van der Waals surface area contributed by atoms with Gasteiger partial charge in [-0.3, -0.25) is 0 Å². The summed E-state index contributed by atoms with van der Waals surface area (Å²) < 4.78 is 55.0. The number of aromatic hydroxyl groups is 1. The SMILES string of the molecule is O=S1(=O)NC(O)=CN1c1ccc(CCC2CCCCCN2S(=O)(=O)c2ccccc2)cc1O. The molecule has 2 aromatic rings. The molecule has 2 aliphatic rings. The van der Waals surface area contributed by atoms with Crippen molar-refractivity contribution in [3.8, 4) is 5.75 Å². The molecule has 0 spiro atoms. The van der Waals surface area contributed by atoms with Gasteiger partial charge < -0.3 is 10.2 Å². The normalized spacial score (nSPS) is 21.3. The van der Waals surface area contributed by atoms with Crippen molar-refractivity contribution in [3.63, 3.8) is 0 Å². The van der Waals surface area contributed by atoms with Gasteiger partial charge in [-0.1, -0.05) is 37.1 Å². The quantitative estimate of drug-likeness (QED) is 0.568. The van der Waals surface area contributed by atoms with E-state index < -0.39 is 26.1 Å². The maximum atomic E-state index is 13.3. The highest BCUT2D eigenvalue weighted by atomic mass is 32.2. The molecular formula is C22H27N3O6S2. The van der Waals surface area contributed by atoms with Crippen LogP contribution in [0, 0.1) is 0 Å². The Hall–Kier alpha value is -2.76. The second-order valence-corrected chi connectivity index (χ2v) is 11.6. The van der Waals surface area contributed by atoms with Crippen molar-refractivity contribution in [3.05, 3.63) is 66.2 Å². The van der Waals surface area contributed by atoms with Gasteiger partial charge in [-0.25, -0.2) is 17.4 Å². The largest absolute Gasteiger partial charge is 0.506 e. The van der Waals surface area contributed by atoms with Crippen LogP contribution in [0.5, 0.6) is 5.75 Å². The van der Waals surface area contributed by atoms with Crippen molar-refractivity contribution in [1.82, 2.24) is 9.03 Å². The monoisotopic (exact) mass is 493 g/mol. The summed E-state index contributed by atoms with van der Waals surface area (Å²) in [7, 11) is -7.61. The van der Waals surface area contributed by atoms with Crippen LogP contribution in [0.4, 0.5) is 5.69 Å². The molecule has 1 unspecified atom stereocenters. The average molecular weight is 494 g/mol. The summed E-state index contributed by atoms with van der Waals surface area (Å²) >= 11 is 0. The van der Waals surface area contributed by atoms with Crippen molar-refractivity contribution in [2.45, 2.75) is 49.5 Å². The van der Waals surface area contributed by atoms with E-state index in [1.54, 1.807) is 40.7 Å². The van der Waals surface area contributed by atoms with Gasteiger partial charge in [0.05, 0.1) is 11.1 Å². The zero-order chi connectivity index (χ0) is 23.6. The fourth-order valence-corrected chi connectivity index (χ4v) is 7.13. The van der Waals surface area contributed by atoms with Crippen molar-refractivity contribution in [2.75, 3.05) is 10.8 Å². The lowest BCUT2D eigenvalue weighted by Crippen LogP contribution is -2.40. The number of nitrogens with one attached hydrogen (secondary N) is 1. The van der Waals surface area contributed by atoms with Crippen molar-refractivity contribution < 1.29 is 27.0 Å². The molecule has 0 aliphatic carbocycles. The number of hydrogen-bond donors (Lipinski definition) is 3. The van der Waals surface area contributed by atoms with Crippen molar-refractivity contribution in [2.24, 2.45) is 0 Å². The van der Waals surface area contributed by atoms with Crippen LogP contribution in [0.15, 0.2) is 65.5 Å². The van der Waals surface area contributed by atoms with Gasteiger partial charge in [0.15, 0.2) is 0 Å². The Balaban J connectivity index is 1.52. The maximum Gasteiger partial charge on any atom is 0.330 e. The first-order chi connectivity index (χ1) is 15.7. The molecule has 0 bridgehead atoms. The number of rotatable bonds is 6. The van der Waals surface area contributed by atoms with Crippen LogP contribution in [0.25, 0.3) is 0 Å². The summed E-state index contributed by atoms with van der Waals surface area (Å²) in [6, 6.07) is 12.9. The minimum atomic E-state index is -4.00. The number of phenols is 1. The molecule has 0 amide bonds. The van der Waals surface area contributed by atoms with Crippen LogP contribution in [0.3, 0.4) is 0 Å². The van der Waals surface area contributed by atoms with Gasteiger partial charge in [-0.15, -0.1) is 0 Å². The first-order valence-corrected chi connectivity index (χ1v) is 13.7. The second-order valence-electron chi connectivity index (χ2n) is 8.21. The molecular weight excluding hydrogens is 466 g/mol. The molecule has 33 heavy (non-hydrogen) atoms. The summed E-state index contributed by atoms with van der Waals surface area (Å²) in [5.74, 6) is -0.787. The Morgan fingerprint density at radius 2 is 1.79 bits per heavy atom. The number of phenolic OH excluding ortho intramolecular Hbond substituents is 1. The van der Waals surface area contributed by atoms with E-state index in [1.165, 1.54) is 12.1 Å². The lowest BCUT2D eigenvalue weighted by molar-refractivity contribution is 0.307. The highest BCUT2D eigenvalue weighted by Gasteiger charge is 2.33. The minimum absolute atomic E-state index is 0.0121. The van der Waals surface area contributed by atoms with E-state index in [1.807, 2.05) is 4.72 Å². The number of sulfonamides is 1. The third-order valence-electron chi connectivity index (χ3n) is 5.95. The number of aliphatic hydroxyl groups is 1. The number of nitrogens with zero attached hydrogens (tertiary/aromatic N) is 2. The molecule has 3 N–H and O–H groups in total. The summed E-state index contributed by atoms with van der Waals surface area (Å²) in [5, 5.41) is 19.9. The molecule has 0 saturated carbocycles. The summed E-state index contributed by atoms with van der Waals surface area (Å²) in [5.41, 5.74) is 0.772. The van der Waals surface area contributed by atoms with Crippen LogP contribution in [0.2, 0.25) is 0 Å². The third kappa shape index (κ3) is 4.94. The first-order valence-electron chi connectivity index (χ1n) is 10.8. The van der Waals surface area contributed by atoms with E-state index in [9.17, 15) is 27.0 Å². The molecule has 1 fully saturated rings. The smallest absolute Gasteiger partial charge is 0.330 e. The van der Waals surface area contributed by atoms with E-state index in [0.29, 0.717) is 19.4 Å². The van der Waals surface area contributed by atoms with Gasteiger partial charge in [0.2, 0.25) is 15.9 Å². The standard InChI is InChI=1S/C22H27N3O6S2/c26-21-15-17(11-13-20(21)25-16-22(27)23-33(25,30)31)10-12-18-7-3-2-6-14-24(18)32(28,29)19-8-4-1-5-9-19/h1,4-5,8-9,11,13,15-16,18,23,26-27H,2-3,6-7,10,12,14H2. The molecule has 0 radical (unpaired) electrons. The second kappa shape index (κ2) is 9.24. The van der Waals surface area contributed by atoms with E-state index in [4.69, 9.17) is 0 Å². The predicted octanol–water partition coefficient (Wildman–Crippen LogP) is 2.97. The Morgan fingerprint density at radius 1 is 1.03 bits per heavy atom. The summed E-state index contributed by atoms with van der Waals surface area (Å²) in [6.07, 6.45) is 5.58. The fourth-order valence-electron chi connectivity index (χ4n) is 4.31. The van der Waals surface area contributed by atoms with Gasteiger partial charge in [-0.05, 0) is 55.5 Å². The third-order valence-corrected chi connectivity index (χ3v) is 9.20. The number of anilines is 1. The van der Waals surface area contributed by atoms with Crippen molar-refractivity contribution >= 4 is 25.9 Å². The highest BCUT2D eigenvalue weighted by molar-refractivity contribution is 7.91. The van der Waals surface area contributed by atoms with E-state index in [2.05, 4.69) is 0 Å². The van der Waals surface area contributed by atoms with E-state index in [-0.39, 0.29) is 22.4 Å². The Morgan fingerprint density at radius 3 is 2.45 bits per heavy atom. The minimum Gasteiger partial charge on any atom is -0.506 e. The molecule has 9 nitrogen and oxygen atoms in total. The van der Waals surface area contributed by atoms with Gasteiger partial charge >= 0.3 is 10.2 Å². The molecule has 2 heterocycles. The van der Waals surface area contributed by atoms with Crippen LogP contribution in [0.1, 0.15) is 37.7 Å². The zero-order valence-electron chi connectivity index (χ0n) is 18.0.